The van der Waals surface area contributed by atoms with Crippen LogP contribution >= 0.6 is 0 Å². The Labute approximate surface area is 120 Å². The standard InChI is InChI=1S/C15H24N4O/c1-10-12(18-13(20)15(3,4)5)11(2)17-14(16-10)19-8-6-7-9-19/h6-9H2,1-5H3,(H,18,20). The minimum atomic E-state index is -0.424. The molecule has 0 radical (unpaired) electrons. The van der Waals surface area contributed by atoms with Crippen LogP contribution in [0.3, 0.4) is 0 Å². The molecule has 1 aliphatic rings. The summed E-state index contributed by atoms with van der Waals surface area (Å²) in [6.07, 6.45) is 2.40. The number of hydrogen-bond acceptors (Lipinski definition) is 4. The second-order valence-corrected chi connectivity index (χ2v) is 6.47. The number of amides is 1. The molecular weight excluding hydrogens is 252 g/mol. The molecule has 0 bridgehead atoms. The highest BCUT2D eigenvalue weighted by molar-refractivity contribution is 5.95. The van der Waals surface area contributed by atoms with Crippen LogP contribution in [-0.4, -0.2) is 29.0 Å². The zero-order valence-corrected chi connectivity index (χ0v) is 13.1. The van der Waals surface area contributed by atoms with Crippen molar-refractivity contribution in [2.45, 2.75) is 47.5 Å². The molecule has 1 fully saturated rings. The highest BCUT2D eigenvalue weighted by Gasteiger charge is 2.24. The van der Waals surface area contributed by atoms with Gasteiger partial charge < -0.3 is 10.2 Å². The zero-order chi connectivity index (χ0) is 14.9. The van der Waals surface area contributed by atoms with E-state index < -0.39 is 5.41 Å². The molecule has 0 saturated carbocycles. The van der Waals surface area contributed by atoms with Crippen LogP contribution in [0, 0.1) is 19.3 Å². The Balaban J connectivity index is 2.25. The van der Waals surface area contributed by atoms with Crippen LogP contribution in [0.4, 0.5) is 11.6 Å². The van der Waals surface area contributed by atoms with Crippen molar-refractivity contribution >= 4 is 17.5 Å². The smallest absolute Gasteiger partial charge is 0.229 e. The van der Waals surface area contributed by atoms with Crippen LogP contribution in [0.15, 0.2) is 0 Å². The molecular formula is C15H24N4O. The number of anilines is 2. The molecule has 110 valence electrons. The molecule has 0 atom stereocenters. The molecule has 1 N–H and O–H groups in total. The summed E-state index contributed by atoms with van der Waals surface area (Å²) >= 11 is 0. The average molecular weight is 276 g/mol. The van der Waals surface area contributed by atoms with E-state index in [1.165, 1.54) is 12.8 Å². The number of nitrogens with zero attached hydrogens (tertiary/aromatic N) is 3. The minimum absolute atomic E-state index is 0.0128. The third-order valence-electron chi connectivity index (χ3n) is 3.57. The molecule has 1 aromatic rings. The summed E-state index contributed by atoms with van der Waals surface area (Å²) in [5, 5.41) is 2.95. The number of aromatic nitrogens is 2. The molecule has 2 rings (SSSR count). The van der Waals surface area contributed by atoms with E-state index in [-0.39, 0.29) is 5.91 Å². The highest BCUT2D eigenvalue weighted by Crippen LogP contribution is 2.25. The summed E-state index contributed by atoms with van der Waals surface area (Å²) in [5.74, 6) is 0.771. The Kier molecular flexibility index (Phi) is 3.97. The molecule has 0 aromatic carbocycles. The van der Waals surface area contributed by atoms with Gasteiger partial charge in [-0.1, -0.05) is 20.8 Å². The Morgan fingerprint density at radius 2 is 1.60 bits per heavy atom. The van der Waals surface area contributed by atoms with E-state index in [4.69, 9.17) is 0 Å². The van der Waals surface area contributed by atoms with Crippen molar-refractivity contribution in [2.24, 2.45) is 5.41 Å². The van der Waals surface area contributed by atoms with Crippen LogP contribution in [0.1, 0.15) is 45.0 Å². The molecule has 1 saturated heterocycles. The first-order valence-corrected chi connectivity index (χ1v) is 7.20. The molecule has 0 unspecified atom stereocenters. The van der Waals surface area contributed by atoms with Crippen LogP contribution < -0.4 is 10.2 Å². The topological polar surface area (TPSA) is 58.1 Å². The van der Waals surface area contributed by atoms with E-state index in [9.17, 15) is 4.79 Å². The summed E-state index contributed by atoms with van der Waals surface area (Å²) < 4.78 is 0. The van der Waals surface area contributed by atoms with Gasteiger partial charge in [-0.2, -0.15) is 0 Å². The van der Waals surface area contributed by atoms with Crippen molar-refractivity contribution in [1.82, 2.24) is 9.97 Å². The van der Waals surface area contributed by atoms with Crippen molar-refractivity contribution in [3.63, 3.8) is 0 Å². The van der Waals surface area contributed by atoms with E-state index in [1.54, 1.807) is 0 Å². The van der Waals surface area contributed by atoms with Gasteiger partial charge in [-0.15, -0.1) is 0 Å². The van der Waals surface area contributed by atoms with Gasteiger partial charge in [0.15, 0.2) is 0 Å². The van der Waals surface area contributed by atoms with E-state index in [2.05, 4.69) is 20.2 Å². The second-order valence-electron chi connectivity index (χ2n) is 6.47. The lowest BCUT2D eigenvalue weighted by Crippen LogP contribution is -2.29. The highest BCUT2D eigenvalue weighted by atomic mass is 16.2. The molecule has 0 spiro atoms. The normalized spacial score (nSPS) is 15.6. The lowest BCUT2D eigenvalue weighted by Gasteiger charge is -2.21. The number of hydrogen-bond donors (Lipinski definition) is 1. The maximum Gasteiger partial charge on any atom is 0.229 e. The predicted molar refractivity (Wildman–Crippen MR) is 81.0 cm³/mol. The average Bonchev–Trinajstić information content (AvgIpc) is 2.85. The lowest BCUT2D eigenvalue weighted by molar-refractivity contribution is -0.123. The van der Waals surface area contributed by atoms with Gasteiger partial charge in [0.1, 0.15) is 0 Å². The van der Waals surface area contributed by atoms with Gasteiger partial charge in [0.05, 0.1) is 17.1 Å². The predicted octanol–water partition coefficient (Wildman–Crippen LogP) is 2.68. The quantitative estimate of drug-likeness (QED) is 0.902. The second kappa shape index (κ2) is 5.38. The number of carbonyl (C=O) groups is 1. The summed E-state index contributed by atoms with van der Waals surface area (Å²) in [5.41, 5.74) is 1.98. The summed E-state index contributed by atoms with van der Waals surface area (Å²) in [6, 6.07) is 0. The summed E-state index contributed by atoms with van der Waals surface area (Å²) in [4.78, 5) is 23.4. The van der Waals surface area contributed by atoms with E-state index in [0.29, 0.717) is 0 Å². The van der Waals surface area contributed by atoms with Gasteiger partial charge in [-0.25, -0.2) is 9.97 Å². The van der Waals surface area contributed by atoms with Crippen molar-refractivity contribution in [1.29, 1.82) is 0 Å². The Morgan fingerprint density at radius 3 is 2.05 bits per heavy atom. The maximum absolute atomic E-state index is 12.1. The number of nitrogens with one attached hydrogen (secondary N) is 1. The zero-order valence-electron chi connectivity index (χ0n) is 13.1. The van der Waals surface area contributed by atoms with Gasteiger partial charge in [0.25, 0.3) is 0 Å². The Hall–Kier alpha value is -1.65. The number of aryl methyl sites for hydroxylation is 2. The van der Waals surface area contributed by atoms with E-state index >= 15 is 0 Å². The first kappa shape index (κ1) is 14.8. The van der Waals surface area contributed by atoms with Gasteiger partial charge in [0, 0.05) is 18.5 Å². The molecule has 2 heterocycles. The fourth-order valence-electron chi connectivity index (χ4n) is 2.24. The molecule has 0 aliphatic carbocycles. The molecule has 1 amide bonds. The van der Waals surface area contributed by atoms with Crippen LogP contribution in [0.5, 0.6) is 0 Å². The maximum atomic E-state index is 12.1. The summed E-state index contributed by atoms with van der Waals surface area (Å²) in [6.45, 7) is 11.6. The third-order valence-corrected chi connectivity index (χ3v) is 3.57. The first-order chi connectivity index (χ1) is 9.29. The molecule has 1 aliphatic heterocycles. The summed E-state index contributed by atoms with van der Waals surface area (Å²) in [7, 11) is 0. The third kappa shape index (κ3) is 3.08. The Morgan fingerprint density at radius 1 is 1.10 bits per heavy atom. The van der Waals surface area contributed by atoms with Crippen LogP contribution in [0.25, 0.3) is 0 Å². The van der Waals surface area contributed by atoms with Gasteiger partial charge in [-0.05, 0) is 26.7 Å². The monoisotopic (exact) mass is 276 g/mol. The number of carbonyl (C=O) groups excluding carboxylic acids is 1. The number of rotatable bonds is 2. The van der Waals surface area contributed by atoms with Crippen LogP contribution in [0.2, 0.25) is 0 Å². The van der Waals surface area contributed by atoms with Gasteiger partial charge >= 0.3 is 0 Å². The first-order valence-electron chi connectivity index (χ1n) is 7.20. The van der Waals surface area contributed by atoms with Crippen molar-refractivity contribution < 1.29 is 4.79 Å². The van der Waals surface area contributed by atoms with E-state index in [0.717, 1.165) is 36.1 Å². The Bertz CT molecular complexity index is 490. The molecule has 5 nitrogen and oxygen atoms in total. The lowest BCUT2D eigenvalue weighted by atomic mass is 9.95. The van der Waals surface area contributed by atoms with Gasteiger partial charge in [0.2, 0.25) is 11.9 Å². The van der Waals surface area contributed by atoms with E-state index in [1.807, 2.05) is 34.6 Å². The molecule has 20 heavy (non-hydrogen) atoms. The SMILES string of the molecule is Cc1nc(N2CCCC2)nc(C)c1NC(=O)C(C)(C)C. The fourth-order valence-corrected chi connectivity index (χ4v) is 2.24. The minimum Gasteiger partial charge on any atom is -0.341 e. The molecule has 5 heteroatoms. The molecule has 1 aromatic heterocycles. The van der Waals surface area contributed by atoms with Crippen molar-refractivity contribution in [3.05, 3.63) is 11.4 Å². The largest absolute Gasteiger partial charge is 0.341 e. The van der Waals surface area contributed by atoms with Crippen molar-refractivity contribution in [3.8, 4) is 0 Å². The van der Waals surface area contributed by atoms with Gasteiger partial charge in [-0.3, -0.25) is 4.79 Å². The van der Waals surface area contributed by atoms with Crippen molar-refractivity contribution in [2.75, 3.05) is 23.3 Å². The fraction of sp³-hybridized carbons (Fsp3) is 0.667. The van der Waals surface area contributed by atoms with Crippen LogP contribution in [-0.2, 0) is 4.79 Å².